The Balaban J connectivity index is 1.92. The number of carbonyl (C=O) groups is 1. The molecule has 1 aromatic rings. The van der Waals surface area contributed by atoms with Crippen molar-refractivity contribution in [2.24, 2.45) is 5.92 Å². The van der Waals surface area contributed by atoms with Crippen molar-refractivity contribution in [2.75, 3.05) is 13.6 Å². The monoisotopic (exact) mass is 300 g/mol. The molecular formula is C12H14BrFN2O. The molecule has 17 heavy (non-hydrogen) atoms. The molecule has 1 saturated carbocycles. The van der Waals surface area contributed by atoms with E-state index in [-0.39, 0.29) is 5.91 Å². The zero-order valence-electron chi connectivity index (χ0n) is 9.57. The molecule has 1 aliphatic rings. The highest BCUT2D eigenvalue weighted by atomic mass is 79.9. The topological polar surface area (TPSA) is 33.2 Å². The molecule has 0 atom stereocenters. The van der Waals surface area contributed by atoms with E-state index in [1.54, 1.807) is 11.9 Å². The van der Waals surface area contributed by atoms with E-state index in [1.165, 1.54) is 12.1 Å². The summed E-state index contributed by atoms with van der Waals surface area (Å²) in [6.45, 7) is 0.736. The van der Waals surface area contributed by atoms with Gasteiger partial charge in [-0.25, -0.2) is 9.37 Å². The molecule has 0 N–H and O–H groups in total. The fourth-order valence-electron chi connectivity index (χ4n) is 1.97. The Hall–Kier alpha value is -0.970. The maximum atomic E-state index is 12.7. The van der Waals surface area contributed by atoms with Crippen LogP contribution in [0.25, 0.3) is 0 Å². The predicted octanol–water partition coefficient (Wildman–Crippen LogP) is 2.47. The van der Waals surface area contributed by atoms with Crippen LogP contribution in [0.15, 0.2) is 18.3 Å². The molecule has 2 rings (SSSR count). The van der Waals surface area contributed by atoms with Crippen molar-refractivity contribution in [1.29, 1.82) is 0 Å². The molecule has 1 fully saturated rings. The largest absolute Gasteiger partial charge is 0.340 e. The van der Waals surface area contributed by atoms with Crippen molar-refractivity contribution in [1.82, 2.24) is 9.88 Å². The number of alkyl halides is 1. The van der Waals surface area contributed by atoms with Crippen LogP contribution in [0.1, 0.15) is 23.3 Å². The lowest BCUT2D eigenvalue weighted by molar-refractivity contribution is 0.0743. The SMILES string of the molecule is CN(CC1CC(Br)C1)C(=O)c1ccc(F)cn1. The van der Waals surface area contributed by atoms with E-state index < -0.39 is 5.82 Å². The smallest absolute Gasteiger partial charge is 0.272 e. The van der Waals surface area contributed by atoms with Gasteiger partial charge in [0.1, 0.15) is 11.5 Å². The number of rotatable bonds is 3. The van der Waals surface area contributed by atoms with Crippen LogP contribution in [0.4, 0.5) is 4.39 Å². The Labute approximate surface area is 108 Å². The lowest BCUT2D eigenvalue weighted by Crippen LogP contribution is -2.38. The van der Waals surface area contributed by atoms with Crippen LogP contribution >= 0.6 is 15.9 Å². The Morgan fingerprint density at radius 3 is 2.82 bits per heavy atom. The number of nitrogens with zero attached hydrogens (tertiary/aromatic N) is 2. The number of hydrogen-bond donors (Lipinski definition) is 0. The standard InChI is InChI=1S/C12H14BrFN2O/c1-16(7-8-4-9(13)5-8)12(17)11-3-2-10(14)6-15-11/h2-3,6,8-9H,4-5,7H2,1H3. The number of halogens is 2. The van der Waals surface area contributed by atoms with Crippen LogP contribution < -0.4 is 0 Å². The first-order valence-electron chi connectivity index (χ1n) is 5.57. The number of hydrogen-bond acceptors (Lipinski definition) is 2. The maximum Gasteiger partial charge on any atom is 0.272 e. The second-order valence-corrected chi connectivity index (χ2v) is 5.78. The molecular weight excluding hydrogens is 287 g/mol. The van der Waals surface area contributed by atoms with Crippen molar-refractivity contribution in [3.05, 3.63) is 29.8 Å². The molecule has 0 unspecified atom stereocenters. The van der Waals surface area contributed by atoms with Gasteiger partial charge in [0.15, 0.2) is 0 Å². The van der Waals surface area contributed by atoms with Crippen molar-refractivity contribution < 1.29 is 9.18 Å². The summed E-state index contributed by atoms with van der Waals surface area (Å²) in [7, 11) is 1.76. The first kappa shape index (κ1) is 12.5. The van der Waals surface area contributed by atoms with Crippen molar-refractivity contribution >= 4 is 21.8 Å². The fourth-order valence-corrected chi connectivity index (χ4v) is 3.03. The summed E-state index contributed by atoms with van der Waals surface area (Å²) in [6, 6.07) is 2.67. The van der Waals surface area contributed by atoms with E-state index in [4.69, 9.17) is 0 Å². The average molecular weight is 301 g/mol. The molecule has 0 saturated heterocycles. The van der Waals surface area contributed by atoms with Crippen LogP contribution in [0, 0.1) is 11.7 Å². The predicted molar refractivity (Wildman–Crippen MR) is 66.6 cm³/mol. The highest BCUT2D eigenvalue weighted by Gasteiger charge is 2.29. The van der Waals surface area contributed by atoms with Gasteiger partial charge in [-0.05, 0) is 30.9 Å². The molecule has 5 heteroatoms. The quantitative estimate of drug-likeness (QED) is 0.804. The van der Waals surface area contributed by atoms with Crippen LogP contribution in [-0.4, -0.2) is 34.2 Å². The van der Waals surface area contributed by atoms with Gasteiger partial charge >= 0.3 is 0 Å². The Bertz CT molecular complexity index is 403. The zero-order valence-corrected chi connectivity index (χ0v) is 11.2. The lowest BCUT2D eigenvalue weighted by Gasteiger charge is -2.34. The van der Waals surface area contributed by atoms with Gasteiger partial charge in [-0.3, -0.25) is 4.79 Å². The number of pyridine rings is 1. The molecule has 0 radical (unpaired) electrons. The second-order valence-electron chi connectivity index (χ2n) is 4.48. The van der Waals surface area contributed by atoms with Crippen molar-refractivity contribution in [3.63, 3.8) is 0 Å². The van der Waals surface area contributed by atoms with Crippen molar-refractivity contribution in [2.45, 2.75) is 17.7 Å². The minimum atomic E-state index is -0.426. The first-order chi connectivity index (χ1) is 8.06. The van der Waals surface area contributed by atoms with Gasteiger partial charge in [-0.1, -0.05) is 15.9 Å². The second kappa shape index (κ2) is 5.12. The van der Waals surface area contributed by atoms with Crippen LogP contribution in [0.3, 0.4) is 0 Å². The van der Waals surface area contributed by atoms with E-state index in [1.807, 2.05) is 0 Å². The van der Waals surface area contributed by atoms with Crippen molar-refractivity contribution in [3.8, 4) is 0 Å². The zero-order chi connectivity index (χ0) is 12.4. The van der Waals surface area contributed by atoms with E-state index >= 15 is 0 Å². The summed E-state index contributed by atoms with van der Waals surface area (Å²) in [5.74, 6) is -0.0119. The Kier molecular flexibility index (Phi) is 3.76. The summed E-state index contributed by atoms with van der Waals surface area (Å²) < 4.78 is 12.7. The van der Waals surface area contributed by atoms with E-state index in [9.17, 15) is 9.18 Å². The van der Waals surface area contributed by atoms with Gasteiger partial charge < -0.3 is 4.90 Å². The molecule has 0 spiro atoms. The van der Waals surface area contributed by atoms with Crippen LogP contribution in [0.5, 0.6) is 0 Å². The highest BCUT2D eigenvalue weighted by Crippen LogP contribution is 2.33. The third-order valence-corrected chi connectivity index (χ3v) is 3.75. The number of aromatic nitrogens is 1. The minimum absolute atomic E-state index is 0.150. The summed E-state index contributed by atoms with van der Waals surface area (Å²) in [4.78, 5) is 18.0. The fraction of sp³-hybridized carbons (Fsp3) is 0.500. The summed E-state index contributed by atoms with van der Waals surface area (Å²) >= 11 is 3.52. The average Bonchev–Trinajstić information content (AvgIpc) is 2.27. The maximum absolute atomic E-state index is 12.7. The molecule has 1 aliphatic carbocycles. The van der Waals surface area contributed by atoms with E-state index in [0.717, 1.165) is 25.6 Å². The summed E-state index contributed by atoms with van der Waals surface area (Å²) in [5, 5.41) is 0. The Morgan fingerprint density at radius 1 is 1.59 bits per heavy atom. The lowest BCUT2D eigenvalue weighted by atomic mass is 9.85. The molecule has 1 amide bonds. The summed E-state index contributed by atoms with van der Waals surface area (Å²) in [6.07, 6.45) is 3.28. The third-order valence-electron chi connectivity index (χ3n) is 3.00. The van der Waals surface area contributed by atoms with Gasteiger partial charge in [0.2, 0.25) is 0 Å². The molecule has 1 heterocycles. The third kappa shape index (κ3) is 3.03. The van der Waals surface area contributed by atoms with E-state index in [2.05, 4.69) is 20.9 Å². The number of carbonyl (C=O) groups excluding carboxylic acids is 1. The van der Waals surface area contributed by atoms with Crippen LogP contribution in [0.2, 0.25) is 0 Å². The molecule has 0 aromatic carbocycles. The molecule has 1 aromatic heterocycles. The van der Waals surface area contributed by atoms with Crippen LogP contribution in [-0.2, 0) is 0 Å². The van der Waals surface area contributed by atoms with Gasteiger partial charge in [-0.2, -0.15) is 0 Å². The normalized spacial score (nSPS) is 23.0. The highest BCUT2D eigenvalue weighted by molar-refractivity contribution is 9.09. The van der Waals surface area contributed by atoms with Gasteiger partial charge in [0.25, 0.3) is 5.91 Å². The molecule has 0 aliphatic heterocycles. The molecule has 92 valence electrons. The molecule has 0 bridgehead atoms. The summed E-state index contributed by atoms with van der Waals surface area (Å²) in [5.41, 5.74) is 0.295. The number of amides is 1. The van der Waals surface area contributed by atoms with Gasteiger partial charge in [-0.15, -0.1) is 0 Å². The van der Waals surface area contributed by atoms with E-state index in [0.29, 0.717) is 16.4 Å². The Morgan fingerprint density at radius 2 is 2.29 bits per heavy atom. The first-order valence-corrected chi connectivity index (χ1v) is 6.49. The van der Waals surface area contributed by atoms with Gasteiger partial charge in [0, 0.05) is 18.4 Å². The molecule has 3 nitrogen and oxygen atoms in total. The minimum Gasteiger partial charge on any atom is -0.340 e. The van der Waals surface area contributed by atoms with Gasteiger partial charge in [0.05, 0.1) is 6.20 Å².